The maximum Gasteiger partial charge on any atom is 0.261 e. The van der Waals surface area contributed by atoms with Crippen LogP contribution in [0.5, 0.6) is 0 Å². The lowest BCUT2D eigenvalue weighted by Gasteiger charge is -2.13. The molecule has 0 spiro atoms. The van der Waals surface area contributed by atoms with Gasteiger partial charge in [-0.25, -0.2) is 0 Å². The Balaban J connectivity index is 1.19. The number of benzene rings is 2. The lowest BCUT2D eigenvalue weighted by atomic mass is 10.1. The Hall–Kier alpha value is -3.74. The fraction of sp³-hybridized carbons (Fsp3) is 0.280. The fourth-order valence-electron chi connectivity index (χ4n) is 3.87. The van der Waals surface area contributed by atoms with Gasteiger partial charge in [-0.1, -0.05) is 48.9 Å². The topological polar surface area (TPSA) is 84.3 Å². The van der Waals surface area contributed by atoms with E-state index in [2.05, 4.69) is 10.4 Å². The Kier molecular flexibility index (Phi) is 6.44. The molecular weight excluding hydrogens is 404 g/mol. The first-order chi connectivity index (χ1) is 15.5. The Bertz CT molecular complexity index is 1100. The molecule has 2 heterocycles. The third-order valence-electron chi connectivity index (χ3n) is 5.59. The number of carbonyl (C=O) groups is 3. The van der Waals surface area contributed by atoms with Gasteiger partial charge in [0.2, 0.25) is 5.91 Å². The predicted octanol–water partition coefficient (Wildman–Crippen LogP) is 4.03. The van der Waals surface area contributed by atoms with Gasteiger partial charge in [-0.15, -0.1) is 0 Å². The maximum absolute atomic E-state index is 12.4. The van der Waals surface area contributed by atoms with Crippen molar-refractivity contribution in [3.63, 3.8) is 0 Å². The number of fused-ring (bicyclic) bond motifs is 1. The zero-order chi connectivity index (χ0) is 22.5. The van der Waals surface area contributed by atoms with Crippen LogP contribution in [0.25, 0.3) is 0 Å². The molecule has 1 N–H and O–H groups in total. The van der Waals surface area contributed by atoms with Crippen LogP contribution in [0, 0.1) is 6.92 Å². The number of aromatic nitrogens is 2. The first-order valence-corrected chi connectivity index (χ1v) is 10.9. The van der Waals surface area contributed by atoms with Crippen molar-refractivity contribution in [2.45, 2.75) is 39.2 Å². The fourth-order valence-corrected chi connectivity index (χ4v) is 3.87. The molecule has 4 rings (SSSR count). The van der Waals surface area contributed by atoms with Gasteiger partial charge in [0, 0.05) is 24.7 Å². The summed E-state index contributed by atoms with van der Waals surface area (Å²) in [5.41, 5.74) is 3.07. The second-order valence-electron chi connectivity index (χ2n) is 7.98. The average Bonchev–Trinajstić information content (AvgIpc) is 3.25. The van der Waals surface area contributed by atoms with Gasteiger partial charge in [0.25, 0.3) is 11.8 Å². The van der Waals surface area contributed by atoms with Crippen molar-refractivity contribution in [1.82, 2.24) is 14.7 Å². The molecule has 32 heavy (non-hydrogen) atoms. The van der Waals surface area contributed by atoms with Gasteiger partial charge in [0.05, 0.1) is 17.7 Å². The summed E-state index contributed by atoms with van der Waals surface area (Å²) in [7, 11) is 0. The molecule has 0 unspecified atom stereocenters. The highest BCUT2D eigenvalue weighted by molar-refractivity contribution is 6.21. The number of hydrogen-bond acceptors (Lipinski definition) is 4. The van der Waals surface area contributed by atoms with E-state index in [1.165, 1.54) is 4.90 Å². The SMILES string of the molecule is Cc1cc(NC(=O)CCCCCN2C(=O)c3ccccc3C2=O)nn1Cc1ccccc1. The summed E-state index contributed by atoms with van der Waals surface area (Å²) >= 11 is 0. The largest absolute Gasteiger partial charge is 0.309 e. The Labute approximate surface area is 187 Å². The second-order valence-corrected chi connectivity index (χ2v) is 7.98. The molecule has 2 aromatic carbocycles. The number of unbranched alkanes of at least 4 members (excludes halogenated alkanes) is 2. The van der Waals surface area contributed by atoms with Gasteiger partial charge in [-0.3, -0.25) is 24.0 Å². The predicted molar refractivity (Wildman–Crippen MR) is 121 cm³/mol. The number of aryl methyl sites for hydroxylation is 1. The van der Waals surface area contributed by atoms with Crippen molar-refractivity contribution in [3.05, 3.63) is 83.0 Å². The normalized spacial score (nSPS) is 12.8. The quantitative estimate of drug-likeness (QED) is 0.410. The number of nitrogens with zero attached hydrogens (tertiary/aromatic N) is 3. The molecule has 0 aliphatic carbocycles. The Morgan fingerprint density at radius 3 is 2.25 bits per heavy atom. The van der Waals surface area contributed by atoms with Crippen molar-refractivity contribution in [2.24, 2.45) is 0 Å². The third-order valence-corrected chi connectivity index (χ3v) is 5.59. The van der Waals surface area contributed by atoms with Gasteiger partial charge in [-0.05, 0) is 37.5 Å². The minimum atomic E-state index is -0.232. The number of hydrogen-bond donors (Lipinski definition) is 1. The summed E-state index contributed by atoms with van der Waals surface area (Å²) in [5, 5.41) is 7.34. The van der Waals surface area contributed by atoms with Crippen LogP contribution in [0.1, 0.15) is 57.7 Å². The van der Waals surface area contributed by atoms with Crippen LogP contribution in [0.4, 0.5) is 5.82 Å². The second kappa shape index (κ2) is 9.60. The highest BCUT2D eigenvalue weighted by atomic mass is 16.2. The number of amides is 3. The molecule has 1 aromatic heterocycles. The smallest absolute Gasteiger partial charge is 0.261 e. The van der Waals surface area contributed by atoms with Crippen molar-refractivity contribution in [3.8, 4) is 0 Å². The molecule has 7 nitrogen and oxygen atoms in total. The molecule has 1 aliphatic heterocycles. The summed E-state index contributed by atoms with van der Waals surface area (Å²) in [5.74, 6) is -0.000786. The molecule has 0 atom stereocenters. The molecule has 3 aromatic rings. The number of rotatable bonds is 9. The van der Waals surface area contributed by atoms with Gasteiger partial charge in [0.15, 0.2) is 5.82 Å². The third kappa shape index (κ3) is 4.77. The van der Waals surface area contributed by atoms with E-state index in [1.54, 1.807) is 24.3 Å². The molecule has 164 valence electrons. The highest BCUT2D eigenvalue weighted by Gasteiger charge is 2.34. The van der Waals surface area contributed by atoms with Crippen LogP contribution in [-0.4, -0.2) is 38.9 Å². The van der Waals surface area contributed by atoms with Crippen LogP contribution in [0.2, 0.25) is 0 Å². The highest BCUT2D eigenvalue weighted by Crippen LogP contribution is 2.23. The van der Waals surface area contributed by atoms with Crippen LogP contribution in [0.15, 0.2) is 60.7 Å². The minimum absolute atomic E-state index is 0.0879. The Morgan fingerprint density at radius 1 is 0.906 bits per heavy atom. The van der Waals surface area contributed by atoms with E-state index in [0.717, 1.165) is 17.7 Å². The number of imide groups is 1. The minimum Gasteiger partial charge on any atom is -0.309 e. The lowest BCUT2D eigenvalue weighted by Crippen LogP contribution is -2.30. The molecule has 0 fully saturated rings. The van der Waals surface area contributed by atoms with E-state index >= 15 is 0 Å². The van der Waals surface area contributed by atoms with E-state index in [9.17, 15) is 14.4 Å². The van der Waals surface area contributed by atoms with Crippen molar-refractivity contribution in [1.29, 1.82) is 0 Å². The number of anilines is 1. The molecule has 0 saturated heterocycles. The summed E-state index contributed by atoms with van der Waals surface area (Å²) in [6.07, 6.45) is 2.47. The molecule has 3 amide bonds. The number of nitrogens with one attached hydrogen (secondary N) is 1. The lowest BCUT2D eigenvalue weighted by molar-refractivity contribution is -0.116. The monoisotopic (exact) mass is 430 g/mol. The summed E-state index contributed by atoms with van der Waals surface area (Å²) in [6.45, 7) is 2.99. The van der Waals surface area contributed by atoms with E-state index in [-0.39, 0.29) is 17.7 Å². The zero-order valence-corrected chi connectivity index (χ0v) is 18.1. The first kappa shape index (κ1) is 21.5. The maximum atomic E-state index is 12.4. The number of carbonyl (C=O) groups excluding carboxylic acids is 3. The summed E-state index contributed by atoms with van der Waals surface area (Å²) in [4.78, 5) is 38.3. The zero-order valence-electron chi connectivity index (χ0n) is 18.1. The van der Waals surface area contributed by atoms with Crippen molar-refractivity contribution < 1.29 is 14.4 Å². The molecule has 0 radical (unpaired) electrons. The first-order valence-electron chi connectivity index (χ1n) is 10.9. The molecule has 1 aliphatic rings. The van der Waals surface area contributed by atoms with Gasteiger partial charge < -0.3 is 5.32 Å². The standard InChI is InChI=1S/C25H26N4O3/c1-18-16-22(27-29(18)17-19-10-4-2-5-11-19)26-23(30)14-6-3-9-15-28-24(31)20-12-7-8-13-21(20)25(28)32/h2,4-5,7-8,10-13,16H,3,6,9,14-15,17H2,1H3,(H,26,27,30). The molecule has 7 heteroatoms. The van der Waals surface area contributed by atoms with E-state index < -0.39 is 0 Å². The van der Waals surface area contributed by atoms with E-state index in [4.69, 9.17) is 0 Å². The molecular formula is C25H26N4O3. The molecule has 0 bridgehead atoms. The van der Waals surface area contributed by atoms with Gasteiger partial charge in [0.1, 0.15) is 0 Å². The van der Waals surface area contributed by atoms with Crippen molar-refractivity contribution in [2.75, 3.05) is 11.9 Å². The van der Waals surface area contributed by atoms with E-state index in [1.807, 2.05) is 48.0 Å². The average molecular weight is 431 g/mol. The van der Waals surface area contributed by atoms with Crippen LogP contribution >= 0.6 is 0 Å². The van der Waals surface area contributed by atoms with E-state index in [0.29, 0.717) is 49.3 Å². The van der Waals surface area contributed by atoms with Crippen LogP contribution < -0.4 is 5.32 Å². The van der Waals surface area contributed by atoms with Gasteiger partial charge >= 0.3 is 0 Å². The Morgan fingerprint density at radius 2 is 1.56 bits per heavy atom. The van der Waals surface area contributed by atoms with Crippen LogP contribution in [-0.2, 0) is 11.3 Å². The van der Waals surface area contributed by atoms with Crippen LogP contribution in [0.3, 0.4) is 0 Å². The molecule has 0 saturated carbocycles. The van der Waals surface area contributed by atoms with Crippen molar-refractivity contribution >= 4 is 23.5 Å². The van der Waals surface area contributed by atoms with Gasteiger partial charge in [-0.2, -0.15) is 5.10 Å². The summed E-state index contributed by atoms with van der Waals surface area (Å²) < 4.78 is 1.87. The summed E-state index contributed by atoms with van der Waals surface area (Å²) in [6, 6.07) is 18.8.